The van der Waals surface area contributed by atoms with E-state index in [0.29, 0.717) is 12.8 Å². The van der Waals surface area contributed by atoms with Crippen molar-refractivity contribution in [3.05, 3.63) is 53.6 Å². The third-order valence-electron chi connectivity index (χ3n) is 3.70. The summed E-state index contributed by atoms with van der Waals surface area (Å²) in [5.41, 5.74) is -1.05. The summed E-state index contributed by atoms with van der Waals surface area (Å²) >= 11 is 6.08. The van der Waals surface area contributed by atoms with Crippen LogP contribution in [0.25, 0.3) is 0 Å². The van der Waals surface area contributed by atoms with Gasteiger partial charge < -0.3 is 10.4 Å². The van der Waals surface area contributed by atoms with E-state index in [1.807, 2.05) is 0 Å². The van der Waals surface area contributed by atoms with Crippen molar-refractivity contribution in [2.45, 2.75) is 28.2 Å². The molecule has 2 aromatic carbocycles. The van der Waals surface area contributed by atoms with Crippen molar-refractivity contribution < 1.29 is 18.3 Å². The molecule has 2 N–H and O–H groups in total. The fourth-order valence-corrected chi connectivity index (χ4v) is 3.68. The third kappa shape index (κ3) is 3.10. The average molecular weight is 352 g/mol. The van der Waals surface area contributed by atoms with Gasteiger partial charge in [-0.25, -0.2) is 8.42 Å². The van der Waals surface area contributed by atoms with Gasteiger partial charge in [-0.1, -0.05) is 29.8 Å². The molecule has 5 nitrogen and oxygen atoms in total. The molecule has 0 aromatic heterocycles. The molecule has 0 heterocycles. The molecule has 3 rings (SSSR count). The molecule has 1 aliphatic carbocycles. The summed E-state index contributed by atoms with van der Waals surface area (Å²) in [6, 6.07) is 12.1. The van der Waals surface area contributed by atoms with E-state index in [0.717, 1.165) is 0 Å². The van der Waals surface area contributed by atoms with Gasteiger partial charge in [0.05, 0.1) is 20.5 Å². The summed E-state index contributed by atoms with van der Waals surface area (Å²) in [5.74, 6) is -0.530. The zero-order chi connectivity index (χ0) is 16.7. The quantitative estimate of drug-likeness (QED) is 0.887. The SMILES string of the molecule is O=C(Nc1ccc(S(=O)(=O)c2ccccc2)cc1Cl)C1(O)CC1. The molecular weight excluding hydrogens is 338 g/mol. The van der Waals surface area contributed by atoms with E-state index >= 15 is 0 Å². The van der Waals surface area contributed by atoms with Crippen molar-refractivity contribution in [1.82, 2.24) is 0 Å². The maximum Gasteiger partial charge on any atom is 0.256 e. The number of amides is 1. The maximum absolute atomic E-state index is 12.5. The second-order valence-electron chi connectivity index (χ2n) is 5.44. The Kier molecular flexibility index (Phi) is 3.91. The molecule has 0 aliphatic heterocycles. The van der Waals surface area contributed by atoms with Crippen molar-refractivity contribution in [1.29, 1.82) is 0 Å². The van der Waals surface area contributed by atoms with Gasteiger partial charge >= 0.3 is 0 Å². The van der Waals surface area contributed by atoms with E-state index in [2.05, 4.69) is 5.32 Å². The van der Waals surface area contributed by atoms with Gasteiger partial charge in [0.15, 0.2) is 0 Å². The van der Waals surface area contributed by atoms with Gasteiger partial charge in [0, 0.05) is 0 Å². The highest BCUT2D eigenvalue weighted by molar-refractivity contribution is 7.91. The van der Waals surface area contributed by atoms with E-state index in [1.165, 1.54) is 30.3 Å². The number of benzene rings is 2. The molecule has 0 bridgehead atoms. The van der Waals surface area contributed by atoms with Crippen LogP contribution < -0.4 is 5.32 Å². The van der Waals surface area contributed by atoms with Gasteiger partial charge in [-0.2, -0.15) is 0 Å². The second-order valence-corrected chi connectivity index (χ2v) is 7.80. The summed E-state index contributed by atoms with van der Waals surface area (Å²) < 4.78 is 25.0. The Labute approximate surface area is 138 Å². The van der Waals surface area contributed by atoms with Crippen molar-refractivity contribution >= 4 is 33.0 Å². The minimum Gasteiger partial charge on any atom is -0.380 e. The van der Waals surface area contributed by atoms with E-state index in [9.17, 15) is 18.3 Å². The normalized spacial score (nSPS) is 15.9. The molecule has 0 radical (unpaired) electrons. The third-order valence-corrected chi connectivity index (χ3v) is 5.78. The van der Waals surface area contributed by atoms with Crippen LogP contribution in [0.15, 0.2) is 58.3 Å². The number of hydrogen-bond acceptors (Lipinski definition) is 4. The largest absolute Gasteiger partial charge is 0.380 e. The predicted octanol–water partition coefficient (Wildman–Crippen LogP) is 2.64. The number of anilines is 1. The van der Waals surface area contributed by atoms with Crippen LogP contribution in [-0.4, -0.2) is 25.0 Å². The molecule has 1 aliphatic rings. The monoisotopic (exact) mass is 351 g/mol. The van der Waals surface area contributed by atoms with Crippen LogP contribution in [0, 0.1) is 0 Å². The summed E-state index contributed by atoms with van der Waals surface area (Å²) in [4.78, 5) is 12.0. The van der Waals surface area contributed by atoms with Gasteiger partial charge in [-0.05, 0) is 43.2 Å². The number of nitrogens with one attached hydrogen (secondary N) is 1. The van der Waals surface area contributed by atoms with E-state index in [-0.39, 0.29) is 20.5 Å². The van der Waals surface area contributed by atoms with Crippen LogP contribution in [0.1, 0.15) is 12.8 Å². The van der Waals surface area contributed by atoms with Crippen LogP contribution in [0.4, 0.5) is 5.69 Å². The second kappa shape index (κ2) is 5.63. The van der Waals surface area contributed by atoms with Gasteiger partial charge in [0.25, 0.3) is 5.91 Å². The van der Waals surface area contributed by atoms with Crippen LogP contribution in [0.5, 0.6) is 0 Å². The Morgan fingerprint density at radius 3 is 2.30 bits per heavy atom. The highest BCUT2D eigenvalue weighted by atomic mass is 35.5. The first kappa shape index (κ1) is 16.0. The van der Waals surface area contributed by atoms with Gasteiger partial charge in [-0.15, -0.1) is 0 Å². The minimum atomic E-state index is -3.67. The molecule has 0 saturated heterocycles. The Balaban J connectivity index is 1.89. The Hall–Kier alpha value is -1.89. The summed E-state index contributed by atoms with van der Waals surface area (Å²) in [5, 5.41) is 12.3. The standard InChI is InChI=1S/C16H14ClNO4S/c17-13-10-12(23(21,22)11-4-2-1-3-5-11)6-7-14(13)18-15(19)16(20)8-9-16/h1-7,10,20H,8-9H2,(H,18,19). The number of halogens is 1. The molecule has 0 unspecified atom stereocenters. The number of carbonyl (C=O) groups excluding carboxylic acids is 1. The van der Waals surface area contributed by atoms with Gasteiger partial charge in [0.2, 0.25) is 9.84 Å². The first-order valence-corrected chi connectivity index (χ1v) is 8.83. The highest BCUT2D eigenvalue weighted by Gasteiger charge is 2.48. The Bertz CT molecular complexity index is 861. The van der Waals surface area contributed by atoms with Crippen LogP contribution >= 0.6 is 11.6 Å². The highest BCUT2D eigenvalue weighted by Crippen LogP contribution is 2.37. The van der Waals surface area contributed by atoms with Crippen molar-refractivity contribution in [3.8, 4) is 0 Å². The van der Waals surface area contributed by atoms with Crippen LogP contribution in [-0.2, 0) is 14.6 Å². The number of carbonyl (C=O) groups is 1. The molecule has 2 aromatic rings. The molecular formula is C16H14ClNO4S. The van der Waals surface area contributed by atoms with Crippen molar-refractivity contribution in [3.63, 3.8) is 0 Å². The Morgan fingerprint density at radius 2 is 1.74 bits per heavy atom. The molecule has 1 amide bonds. The van der Waals surface area contributed by atoms with Crippen LogP contribution in [0.3, 0.4) is 0 Å². The molecule has 0 spiro atoms. The molecule has 120 valence electrons. The van der Waals surface area contributed by atoms with Gasteiger partial charge in [0.1, 0.15) is 5.60 Å². The number of rotatable bonds is 4. The maximum atomic E-state index is 12.5. The molecule has 7 heteroatoms. The molecule has 1 fully saturated rings. The predicted molar refractivity (Wildman–Crippen MR) is 86.2 cm³/mol. The molecule has 23 heavy (non-hydrogen) atoms. The summed E-state index contributed by atoms with van der Waals surface area (Å²) in [7, 11) is -3.67. The lowest BCUT2D eigenvalue weighted by molar-refractivity contribution is -0.125. The molecule has 1 saturated carbocycles. The average Bonchev–Trinajstić information content (AvgIpc) is 3.29. The van der Waals surface area contributed by atoms with Gasteiger partial charge in [-0.3, -0.25) is 4.79 Å². The lowest BCUT2D eigenvalue weighted by Gasteiger charge is -2.12. The zero-order valence-electron chi connectivity index (χ0n) is 12.0. The zero-order valence-corrected chi connectivity index (χ0v) is 13.6. The van der Waals surface area contributed by atoms with E-state index < -0.39 is 21.3 Å². The van der Waals surface area contributed by atoms with Crippen LogP contribution in [0.2, 0.25) is 5.02 Å². The molecule has 0 atom stereocenters. The van der Waals surface area contributed by atoms with E-state index in [1.54, 1.807) is 18.2 Å². The fourth-order valence-electron chi connectivity index (χ4n) is 2.08. The summed E-state index contributed by atoms with van der Waals surface area (Å²) in [6.45, 7) is 0. The Morgan fingerprint density at radius 1 is 1.09 bits per heavy atom. The smallest absolute Gasteiger partial charge is 0.256 e. The lowest BCUT2D eigenvalue weighted by atomic mass is 10.2. The van der Waals surface area contributed by atoms with E-state index in [4.69, 9.17) is 11.6 Å². The number of aliphatic hydroxyl groups is 1. The van der Waals surface area contributed by atoms with Crippen molar-refractivity contribution in [2.24, 2.45) is 0 Å². The van der Waals surface area contributed by atoms with Crippen molar-refractivity contribution in [2.75, 3.05) is 5.32 Å². The lowest BCUT2D eigenvalue weighted by Crippen LogP contribution is -2.29. The fraction of sp³-hybridized carbons (Fsp3) is 0.188. The first-order chi connectivity index (χ1) is 10.8. The minimum absolute atomic E-state index is 0.0387. The topological polar surface area (TPSA) is 83.5 Å². The number of sulfone groups is 1. The summed E-state index contributed by atoms with van der Waals surface area (Å²) in [6.07, 6.45) is 0.827. The first-order valence-electron chi connectivity index (χ1n) is 6.96. The number of hydrogen-bond donors (Lipinski definition) is 2.